The molecule has 2 aliphatic heterocycles. The number of benzene rings is 2. The van der Waals surface area contributed by atoms with Gasteiger partial charge in [0.25, 0.3) is 5.91 Å². The Kier molecular flexibility index (Phi) is 4.55. The lowest BCUT2D eigenvalue weighted by Gasteiger charge is -2.36. The molecule has 146 valence electrons. The highest BCUT2D eigenvalue weighted by Gasteiger charge is 2.44. The number of amides is 1. The Morgan fingerprint density at radius 3 is 2.75 bits per heavy atom. The maximum atomic E-state index is 13.5. The molecule has 2 heterocycles. The van der Waals surface area contributed by atoms with Gasteiger partial charge in [-0.3, -0.25) is 14.9 Å². The molecule has 1 fully saturated rings. The number of anilines is 1. The summed E-state index contributed by atoms with van der Waals surface area (Å²) in [6.45, 7) is 3.87. The Balaban J connectivity index is 1.77. The summed E-state index contributed by atoms with van der Waals surface area (Å²) < 4.78 is 5.06. The minimum atomic E-state index is -0.519. The lowest BCUT2D eigenvalue weighted by Crippen LogP contribution is -2.47. The van der Waals surface area contributed by atoms with E-state index in [0.717, 1.165) is 25.2 Å². The van der Waals surface area contributed by atoms with Crippen LogP contribution in [0.5, 0.6) is 5.75 Å². The number of fused-ring (bicyclic) bond motifs is 3. The molecule has 0 bridgehead atoms. The maximum Gasteiger partial charge on any atom is 0.311 e. The van der Waals surface area contributed by atoms with Crippen molar-refractivity contribution in [2.24, 2.45) is 0 Å². The van der Waals surface area contributed by atoms with Gasteiger partial charge in [0.05, 0.1) is 12.0 Å². The highest BCUT2D eigenvalue weighted by Crippen LogP contribution is 2.45. The van der Waals surface area contributed by atoms with E-state index in [1.807, 2.05) is 17.0 Å². The number of piperidine rings is 1. The van der Waals surface area contributed by atoms with Crippen LogP contribution in [0.25, 0.3) is 0 Å². The van der Waals surface area contributed by atoms with Gasteiger partial charge in [0, 0.05) is 35.8 Å². The van der Waals surface area contributed by atoms with Gasteiger partial charge < -0.3 is 14.5 Å². The number of likely N-dealkylation sites (tertiary alicyclic amines) is 1. The van der Waals surface area contributed by atoms with Gasteiger partial charge in [-0.1, -0.05) is 17.7 Å². The molecule has 0 aliphatic carbocycles. The predicted molar refractivity (Wildman–Crippen MR) is 106 cm³/mol. The van der Waals surface area contributed by atoms with E-state index >= 15 is 0 Å². The predicted octanol–water partition coefficient (Wildman–Crippen LogP) is 3.36. The highest BCUT2D eigenvalue weighted by atomic mass is 16.6. The zero-order chi connectivity index (χ0) is 20.0. The average molecular weight is 381 g/mol. The standard InChI is InChI=1S/C21H23N3O4/c1-13-4-6-17-15(10-13)16-12-22(2)9-8-18(16)23(17)21(25)14-5-7-20(28-3)19(11-14)24(26)27/h4-7,10-11,16,18H,8-9,12H2,1-3H3/t16-,18-/m1/s1. The molecule has 4 rings (SSSR count). The molecule has 2 aromatic carbocycles. The van der Waals surface area contributed by atoms with Crippen molar-refractivity contribution in [2.75, 3.05) is 32.1 Å². The number of methoxy groups -OCH3 is 1. The summed E-state index contributed by atoms with van der Waals surface area (Å²) in [5, 5.41) is 11.4. The summed E-state index contributed by atoms with van der Waals surface area (Å²) in [5.74, 6) is 0.204. The smallest absolute Gasteiger partial charge is 0.311 e. The molecule has 2 atom stereocenters. The molecule has 0 saturated carbocycles. The number of carbonyl (C=O) groups is 1. The van der Waals surface area contributed by atoms with Crippen LogP contribution in [0.4, 0.5) is 11.4 Å². The molecule has 7 heteroatoms. The van der Waals surface area contributed by atoms with Crippen LogP contribution in [0.1, 0.15) is 33.8 Å². The second-order valence-corrected chi connectivity index (χ2v) is 7.61. The van der Waals surface area contributed by atoms with E-state index in [2.05, 4.69) is 24.9 Å². The molecule has 28 heavy (non-hydrogen) atoms. The van der Waals surface area contributed by atoms with Gasteiger partial charge in [0.15, 0.2) is 5.75 Å². The van der Waals surface area contributed by atoms with Gasteiger partial charge >= 0.3 is 5.69 Å². The minimum absolute atomic E-state index is 0.0710. The molecule has 0 aromatic heterocycles. The molecule has 1 amide bonds. The van der Waals surface area contributed by atoms with Crippen molar-refractivity contribution < 1.29 is 14.5 Å². The van der Waals surface area contributed by atoms with Crippen molar-refractivity contribution in [1.82, 2.24) is 4.90 Å². The topological polar surface area (TPSA) is 75.9 Å². The third kappa shape index (κ3) is 2.92. The Hall–Kier alpha value is -2.93. The Bertz CT molecular complexity index is 959. The molecule has 2 aliphatic rings. The second kappa shape index (κ2) is 6.91. The van der Waals surface area contributed by atoms with Crippen LogP contribution < -0.4 is 9.64 Å². The molecule has 0 radical (unpaired) electrons. The molecular formula is C21H23N3O4. The fourth-order valence-corrected chi connectivity index (χ4v) is 4.45. The summed E-state index contributed by atoms with van der Waals surface area (Å²) >= 11 is 0. The average Bonchev–Trinajstić information content (AvgIpc) is 2.99. The number of aryl methyl sites for hydroxylation is 1. The molecule has 7 nitrogen and oxygen atoms in total. The first-order valence-corrected chi connectivity index (χ1v) is 9.35. The highest BCUT2D eigenvalue weighted by molar-refractivity contribution is 6.08. The van der Waals surface area contributed by atoms with Crippen LogP contribution in [-0.2, 0) is 0 Å². The zero-order valence-electron chi connectivity index (χ0n) is 16.2. The number of ether oxygens (including phenoxy) is 1. The monoisotopic (exact) mass is 381 g/mol. The lowest BCUT2D eigenvalue weighted by molar-refractivity contribution is -0.385. The molecular weight excluding hydrogens is 358 g/mol. The quantitative estimate of drug-likeness (QED) is 0.602. The zero-order valence-corrected chi connectivity index (χ0v) is 16.2. The van der Waals surface area contributed by atoms with Gasteiger partial charge in [-0.25, -0.2) is 0 Å². The van der Waals surface area contributed by atoms with Crippen LogP contribution in [0.2, 0.25) is 0 Å². The first-order valence-electron chi connectivity index (χ1n) is 9.35. The van der Waals surface area contributed by atoms with Gasteiger partial charge in [-0.2, -0.15) is 0 Å². The van der Waals surface area contributed by atoms with Gasteiger partial charge in [0.2, 0.25) is 0 Å². The van der Waals surface area contributed by atoms with Gasteiger partial charge in [0.1, 0.15) is 0 Å². The summed E-state index contributed by atoms with van der Waals surface area (Å²) in [6, 6.07) is 10.7. The van der Waals surface area contributed by atoms with Crippen molar-refractivity contribution in [2.45, 2.75) is 25.3 Å². The van der Waals surface area contributed by atoms with Crippen LogP contribution in [0.3, 0.4) is 0 Å². The van der Waals surface area contributed by atoms with Gasteiger partial charge in [-0.15, -0.1) is 0 Å². The fourth-order valence-electron chi connectivity index (χ4n) is 4.45. The summed E-state index contributed by atoms with van der Waals surface area (Å²) in [5.41, 5.74) is 3.38. The number of hydrogen-bond donors (Lipinski definition) is 0. The Morgan fingerprint density at radius 1 is 1.25 bits per heavy atom. The number of carbonyl (C=O) groups excluding carboxylic acids is 1. The maximum absolute atomic E-state index is 13.5. The van der Waals surface area contributed by atoms with Crippen molar-refractivity contribution in [3.05, 3.63) is 63.2 Å². The van der Waals surface area contributed by atoms with E-state index in [0.29, 0.717) is 5.56 Å². The normalized spacial score (nSPS) is 21.2. The molecule has 0 unspecified atom stereocenters. The number of nitro groups is 1. The van der Waals surface area contributed by atoms with E-state index in [-0.39, 0.29) is 29.3 Å². The van der Waals surface area contributed by atoms with Crippen molar-refractivity contribution in [3.63, 3.8) is 0 Å². The first kappa shape index (κ1) is 18.4. The summed E-state index contributed by atoms with van der Waals surface area (Å²) in [4.78, 5) is 28.4. The third-order valence-electron chi connectivity index (χ3n) is 5.79. The molecule has 2 aromatic rings. The fraction of sp³-hybridized carbons (Fsp3) is 0.381. The van der Waals surface area contributed by atoms with Crippen LogP contribution in [-0.4, -0.2) is 49.0 Å². The van der Waals surface area contributed by atoms with Crippen molar-refractivity contribution in [3.8, 4) is 5.75 Å². The van der Waals surface area contributed by atoms with E-state index in [4.69, 9.17) is 4.74 Å². The molecule has 0 spiro atoms. The number of rotatable bonds is 3. The lowest BCUT2D eigenvalue weighted by atomic mass is 9.88. The molecule has 1 saturated heterocycles. The summed E-state index contributed by atoms with van der Waals surface area (Å²) in [6.07, 6.45) is 0.874. The number of nitro benzene ring substituents is 1. The van der Waals surface area contributed by atoms with Crippen LogP contribution >= 0.6 is 0 Å². The SMILES string of the molecule is COc1ccc(C(=O)N2c3ccc(C)cc3[C@H]3CN(C)CC[C@H]32)cc1[N+](=O)[O-]. The number of nitrogens with zero attached hydrogens (tertiary/aromatic N) is 3. The largest absolute Gasteiger partial charge is 0.490 e. The third-order valence-corrected chi connectivity index (χ3v) is 5.79. The van der Waals surface area contributed by atoms with E-state index < -0.39 is 4.92 Å². The number of hydrogen-bond acceptors (Lipinski definition) is 5. The van der Waals surface area contributed by atoms with Crippen molar-refractivity contribution >= 4 is 17.3 Å². The van der Waals surface area contributed by atoms with E-state index in [9.17, 15) is 14.9 Å². The first-order chi connectivity index (χ1) is 13.4. The molecule has 0 N–H and O–H groups in total. The Morgan fingerprint density at radius 2 is 2.04 bits per heavy atom. The van der Waals surface area contributed by atoms with E-state index in [1.54, 1.807) is 6.07 Å². The van der Waals surface area contributed by atoms with Crippen LogP contribution in [0.15, 0.2) is 36.4 Å². The van der Waals surface area contributed by atoms with Crippen LogP contribution in [0, 0.1) is 17.0 Å². The Labute approximate surface area is 163 Å². The van der Waals surface area contributed by atoms with E-state index in [1.165, 1.54) is 30.4 Å². The minimum Gasteiger partial charge on any atom is -0.490 e. The number of likely N-dealkylation sites (N-methyl/N-ethyl adjacent to an activating group) is 1. The second-order valence-electron chi connectivity index (χ2n) is 7.61. The van der Waals surface area contributed by atoms with Crippen molar-refractivity contribution in [1.29, 1.82) is 0 Å². The van der Waals surface area contributed by atoms with Gasteiger partial charge in [-0.05, 0) is 50.7 Å². The summed E-state index contributed by atoms with van der Waals surface area (Å²) in [7, 11) is 3.48.